The minimum Gasteiger partial charge on any atom is -0.487 e. The maximum atomic E-state index is 14.0. The highest BCUT2D eigenvalue weighted by Gasteiger charge is 2.43. The predicted octanol–water partition coefficient (Wildman–Crippen LogP) is 3.65. The molecule has 0 bridgehead atoms. The van der Waals surface area contributed by atoms with E-state index in [4.69, 9.17) is 16.3 Å². The van der Waals surface area contributed by atoms with E-state index >= 15 is 0 Å². The largest absolute Gasteiger partial charge is 0.487 e. The van der Waals surface area contributed by atoms with Crippen LogP contribution in [-0.4, -0.2) is 62.5 Å². The summed E-state index contributed by atoms with van der Waals surface area (Å²) in [5, 5.41) is 18.4. The van der Waals surface area contributed by atoms with Crippen LogP contribution in [0.3, 0.4) is 0 Å². The molecule has 1 aromatic heterocycles. The fraction of sp³-hybridized carbons (Fsp3) is 0.519. The smallest absolute Gasteiger partial charge is 0.307 e. The van der Waals surface area contributed by atoms with Gasteiger partial charge in [-0.05, 0) is 55.5 Å². The number of hydrogen-bond acceptors (Lipinski definition) is 6. The third kappa shape index (κ3) is 5.28. The lowest BCUT2D eigenvalue weighted by molar-refractivity contribution is -0.154. The van der Waals surface area contributed by atoms with Crippen LogP contribution in [0.15, 0.2) is 30.5 Å². The summed E-state index contributed by atoms with van der Waals surface area (Å²) in [7, 11) is 0. The summed E-state index contributed by atoms with van der Waals surface area (Å²) in [6.45, 7) is 1.55. The van der Waals surface area contributed by atoms with Gasteiger partial charge < -0.3 is 19.6 Å². The van der Waals surface area contributed by atoms with Gasteiger partial charge in [-0.1, -0.05) is 24.4 Å². The number of likely N-dealkylation sites (tertiary alicyclic amines) is 1. The van der Waals surface area contributed by atoms with Gasteiger partial charge in [-0.3, -0.25) is 14.4 Å². The molecule has 1 aliphatic carbocycles. The molecule has 0 radical (unpaired) electrons. The number of halogens is 1. The molecule has 1 aromatic carbocycles. The number of carbonyl (C=O) groups excluding carboxylic acids is 2. The van der Waals surface area contributed by atoms with E-state index in [-0.39, 0.29) is 18.4 Å². The Kier molecular flexibility index (Phi) is 7.60. The van der Waals surface area contributed by atoms with Gasteiger partial charge in [-0.2, -0.15) is 10.2 Å². The van der Waals surface area contributed by atoms with Gasteiger partial charge in [-0.15, -0.1) is 0 Å². The van der Waals surface area contributed by atoms with Crippen molar-refractivity contribution in [3.05, 3.63) is 52.3 Å². The number of fused-ring (bicyclic) bond motifs is 1. The summed E-state index contributed by atoms with van der Waals surface area (Å²) in [5.74, 6) is -1.70. The van der Waals surface area contributed by atoms with Crippen LogP contribution < -0.4 is 4.74 Å². The van der Waals surface area contributed by atoms with Crippen molar-refractivity contribution >= 4 is 29.4 Å². The van der Waals surface area contributed by atoms with Gasteiger partial charge in [0, 0.05) is 42.8 Å². The van der Waals surface area contributed by atoms with Gasteiger partial charge >= 0.3 is 5.97 Å². The Morgan fingerprint density at radius 3 is 2.59 bits per heavy atom. The van der Waals surface area contributed by atoms with Gasteiger partial charge in [0.15, 0.2) is 0 Å². The molecule has 3 heterocycles. The third-order valence-electron chi connectivity index (χ3n) is 7.82. The van der Waals surface area contributed by atoms with Crippen LogP contribution in [0.25, 0.3) is 0 Å². The topological polar surface area (TPSA) is 113 Å². The van der Waals surface area contributed by atoms with Crippen molar-refractivity contribution in [3.8, 4) is 5.75 Å². The molecule has 2 aromatic rings. The van der Waals surface area contributed by atoms with Crippen molar-refractivity contribution < 1.29 is 24.2 Å². The number of aliphatic carboxylic acids is 1. The quantitative estimate of drug-likeness (QED) is 0.586. The maximum absolute atomic E-state index is 14.0. The number of carboxylic acid groups (broad SMARTS) is 1. The number of amides is 2. The van der Waals surface area contributed by atoms with Crippen LogP contribution in [0.2, 0.25) is 5.02 Å². The van der Waals surface area contributed by atoms with Crippen molar-refractivity contribution in [2.24, 2.45) is 11.8 Å². The number of ether oxygens (including phenoxy) is 1. The first-order valence-electron chi connectivity index (χ1n) is 13.0. The van der Waals surface area contributed by atoms with Gasteiger partial charge in [0.05, 0.1) is 17.9 Å². The zero-order valence-corrected chi connectivity index (χ0v) is 21.4. The summed E-state index contributed by atoms with van der Waals surface area (Å²) in [6, 6.07) is 6.72. The van der Waals surface area contributed by atoms with Gasteiger partial charge in [-0.25, -0.2) is 0 Å². The van der Waals surface area contributed by atoms with Crippen molar-refractivity contribution in [1.82, 2.24) is 20.0 Å². The minimum atomic E-state index is -0.919. The Morgan fingerprint density at radius 2 is 1.89 bits per heavy atom. The molecule has 3 aliphatic rings. The second-order valence-electron chi connectivity index (χ2n) is 10.0. The molecule has 0 spiro atoms. The highest BCUT2D eigenvalue weighted by molar-refractivity contribution is 6.31. The number of carbonyl (C=O) groups is 3. The maximum Gasteiger partial charge on any atom is 0.307 e. The summed E-state index contributed by atoms with van der Waals surface area (Å²) in [6.07, 6.45) is 6.09. The number of carboxylic acids is 1. The zero-order valence-electron chi connectivity index (χ0n) is 20.6. The van der Waals surface area contributed by atoms with Crippen molar-refractivity contribution in [3.63, 3.8) is 0 Å². The van der Waals surface area contributed by atoms with E-state index in [0.29, 0.717) is 61.8 Å². The second-order valence-corrected chi connectivity index (χ2v) is 10.4. The fourth-order valence-electron chi connectivity index (χ4n) is 5.96. The second kappa shape index (κ2) is 11.0. The highest BCUT2D eigenvalue weighted by Crippen LogP contribution is 2.43. The fourth-order valence-corrected chi connectivity index (χ4v) is 6.22. The third-order valence-corrected chi connectivity index (χ3v) is 8.18. The van der Waals surface area contributed by atoms with Crippen LogP contribution >= 0.6 is 11.6 Å². The molecule has 10 heteroatoms. The number of benzene rings is 1. The molecule has 2 aliphatic heterocycles. The summed E-state index contributed by atoms with van der Waals surface area (Å²) in [4.78, 5) is 42.2. The lowest BCUT2D eigenvalue weighted by Gasteiger charge is -2.43. The standard InChI is InChI=1S/C27H31ClN4O5/c28-21-9-10-23(37-16-17-5-3-12-29-30-17)25-20(21)11-14-32(22(25)15-31-13-4-8-24(31)33)26(34)18-6-1-2-7-19(18)27(35)36/h3,5,9-10,12,18-19,22H,1-2,4,6-8,11,13-16H2,(H,35,36)/t18?,19?,22-/m1/s1. The highest BCUT2D eigenvalue weighted by atomic mass is 35.5. The molecule has 5 rings (SSSR count). The van der Waals surface area contributed by atoms with Crippen molar-refractivity contribution in [2.75, 3.05) is 19.6 Å². The molecule has 1 saturated carbocycles. The lowest BCUT2D eigenvalue weighted by Crippen LogP contribution is -2.50. The summed E-state index contributed by atoms with van der Waals surface area (Å²) in [5.41, 5.74) is 2.35. The first-order valence-corrected chi connectivity index (χ1v) is 13.3. The van der Waals surface area contributed by atoms with Gasteiger partial charge in [0.2, 0.25) is 11.8 Å². The number of rotatable bonds is 7. The van der Waals surface area contributed by atoms with Gasteiger partial charge in [0.25, 0.3) is 0 Å². The molecular formula is C27H31ClN4O5. The Balaban J connectivity index is 1.51. The Labute approximate surface area is 220 Å². The van der Waals surface area contributed by atoms with Crippen LogP contribution in [0.5, 0.6) is 5.75 Å². The molecule has 9 nitrogen and oxygen atoms in total. The first kappa shape index (κ1) is 25.4. The monoisotopic (exact) mass is 526 g/mol. The number of nitrogens with zero attached hydrogens (tertiary/aromatic N) is 4. The van der Waals surface area contributed by atoms with Crippen LogP contribution in [0, 0.1) is 11.8 Å². The Morgan fingerprint density at radius 1 is 1.08 bits per heavy atom. The SMILES string of the molecule is O=C(O)C1CCCCC1C(=O)N1CCc2c(Cl)ccc(OCc3cccnn3)c2[C@H]1CN1CCCC1=O. The first-order chi connectivity index (χ1) is 17.9. The van der Waals surface area contributed by atoms with Crippen LogP contribution in [0.4, 0.5) is 0 Å². The van der Waals surface area contributed by atoms with E-state index in [0.717, 1.165) is 30.4 Å². The van der Waals surface area contributed by atoms with E-state index in [1.54, 1.807) is 34.2 Å². The molecule has 1 N–H and O–H groups in total. The summed E-state index contributed by atoms with van der Waals surface area (Å²) < 4.78 is 6.20. The van der Waals surface area contributed by atoms with E-state index in [1.165, 1.54) is 0 Å². The predicted molar refractivity (Wildman–Crippen MR) is 135 cm³/mol. The molecule has 2 fully saturated rings. The van der Waals surface area contributed by atoms with E-state index in [9.17, 15) is 19.5 Å². The average molecular weight is 527 g/mol. The molecule has 37 heavy (non-hydrogen) atoms. The molecular weight excluding hydrogens is 496 g/mol. The lowest BCUT2D eigenvalue weighted by atomic mass is 9.77. The Bertz CT molecular complexity index is 1180. The molecule has 2 unspecified atom stereocenters. The van der Waals surface area contributed by atoms with Crippen molar-refractivity contribution in [1.29, 1.82) is 0 Å². The Hall–Kier alpha value is -3.20. The van der Waals surface area contributed by atoms with Crippen molar-refractivity contribution in [2.45, 2.75) is 57.6 Å². The minimum absolute atomic E-state index is 0.0599. The zero-order chi connectivity index (χ0) is 25.9. The molecule has 2 amide bonds. The van der Waals surface area contributed by atoms with Crippen LogP contribution in [-0.2, 0) is 27.4 Å². The molecule has 3 atom stereocenters. The normalized spacial score (nSPS) is 23.6. The molecule has 1 saturated heterocycles. The van der Waals surface area contributed by atoms with Gasteiger partial charge in [0.1, 0.15) is 18.1 Å². The number of hydrogen-bond donors (Lipinski definition) is 1. The van der Waals surface area contributed by atoms with E-state index in [1.807, 2.05) is 6.07 Å². The molecule has 196 valence electrons. The summed E-state index contributed by atoms with van der Waals surface area (Å²) >= 11 is 6.64. The van der Waals surface area contributed by atoms with E-state index in [2.05, 4.69) is 10.2 Å². The van der Waals surface area contributed by atoms with E-state index < -0.39 is 23.8 Å². The average Bonchev–Trinajstić information content (AvgIpc) is 3.32. The number of aromatic nitrogens is 2. The van der Waals surface area contributed by atoms with Crippen LogP contribution in [0.1, 0.15) is 61.4 Å².